The van der Waals surface area contributed by atoms with E-state index in [-0.39, 0.29) is 5.91 Å². The Morgan fingerprint density at radius 3 is 3.00 bits per heavy atom. The van der Waals surface area contributed by atoms with Crippen LogP contribution in [-0.2, 0) is 26.7 Å². The molecule has 3 aromatic rings. The molecule has 8 nitrogen and oxygen atoms in total. The average Bonchev–Trinajstić information content (AvgIpc) is 3.27. The van der Waals surface area contributed by atoms with Gasteiger partial charge >= 0.3 is 0 Å². The van der Waals surface area contributed by atoms with E-state index in [4.69, 9.17) is 9.47 Å². The SMILES string of the molecule is Cc1c(SN2CCn3nccc3C2)cc(C(=O)NCc2cccc3c2OCCCO3)n1C. The number of carbonyl (C=O) groups is 1. The Balaban J connectivity index is 1.27. The summed E-state index contributed by atoms with van der Waals surface area (Å²) in [5, 5.41) is 7.39. The number of carbonyl (C=O) groups excluding carboxylic acids is 1. The van der Waals surface area contributed by atoms with E-state index < -0.39 is 0 Å². The average molecular weight is 454 g/mol. The molecule has 5 rings (SSSR count). The Morgan fingerprint density at radius 2 is 2.09 bits per heavy atom. The molecule has 2 aromatic heterocycles. The summed E-state index contributed by atoms with van der Waals surface area (Å²) in [5.74, 6) is 1.37. The first-order valence-electron chi connectivity index (χ1n) is 10.9. The lowest BCUT2D eigenvalue weighted by atomic mass is 10.2. The van der Waals surface area contributed by atoms with Crippen LogP contribution in [0.2, 0.25) is 0 Å². The molecule has 32 heavy (non-hydrogen) atoms. The van der Waals surface area contributed by atoms with E-state index in [9.17, 15) is 4.79 Å². The van der Waals surface area contributed by atoms with Gasteiger partial charge in [0.2, 0.25) is 0 Å². The topological polar surface area (TPSA) is 73.6 Å². The van der Waals surface area contributed by atoms with E-state index in [1.807, 2.05) is 46.8 Å². The van der Waals surface area contributed by atoms with Crippen LogP contribution in [-0.4, -0.2) is 44.3 Å². The van der Waals surface area contributed by atoms with Crippen molar-refractivity contribution in [2.24, 2.45) is 7.05 Å². The minimum Gasteiger partial charge on any atom is -0.490 e. The Bertz CT molecular complexity index is 1140. The van der Waals surface area contributed by atoms with E-state index in [1.165, 1.54) is 5.69 Å². The van der Waals surface area contributed by atoms with E-state index in [0.29, 0.717) is 25.5 Å². The highest BCUT2D eigenvalue weighted by Crippen LogP contribution is 2.34. The van der Waals surface area contributed by atoms with E-state index in [0.717, 1.165) is 53.7 Å². The smallest absolute Gasteiger partial charge is 0.268 e. The minimum atomic E-state index is -0.105. The maximum absolute atomic E-state index is 13.0. The molecule has 0 unspecified atom stereocenters. The molecule has 0 aliphatic carbocycles. The van der Waals surface area contributed by atoms with Crippen molar-refractivity contribution < 1.29 is 14.3 Å². The number of ether oxygens (including phenoxy) is 2. The van der Waals surface area contributed by atoms with Crippen LogP contribution in [0.25, 0.3) is 0 Å². The highest BCUT2D eigenvalue weighted by molar-refractivity contribution is 7.97. The number of rotatable bonds is 5. The summed E-state index contributed by atoms with van der Waals surface area (Å²) in [6.45, 7) is 6.32. The fourth-order valence-corrected chi connectivity index (χ4v) is 5.10. The quantitative estimate of drug-likeness (QED) is 0.599. The fraction of sp³-hybridized carbons (Fsp3) is 0.391. The maximum Gasteiger partial charge on any atom is 0.268 e. The summed E-state index contributed by atoms with van der Waals surface area (Å²) in [5.41, 5.74) is 3.85. The number of nitrogens with one attached hydrogen (secondary N) is 1. The Kier molecular flexibility index (Phi) is 5.84. The highest BCUT2D eigenvalue weighted by atomic mass is 32.2. The van der Waals surface area contributed by atoms with Gasteiger partial charge in [-0.05, 0) is 37.1 Å². The van der Waals surface area contributed by atoms with Crippen molar-refractivity contribution in [2.75, 3.05) is 19.8 Å². The summed E-state index contributed by atoms with van der Waals surface area (Å²) in [7, 11) is 1.94. The van der Waals surface area contributed by atoms with Gasteiger partial charge in [-0.1, -0.05) is 12.1 Å². The van der Waals surface area contributed by atoms with Crippen molar-refractivity contribution in [3.8, 4) is 11.5 Å². The molecule has 0 spiro atoms. The third-order valence-electron chi connectivity index (χ3n) is 5.95. The lowest BCUT2D eigenvalue weighted by Gasteiger charge is -2.26. The third-order valence-corrected chi connectivity index (χ3v) is 7.13. The fourth-order valence-electron chi connectivity index (χ4n) is 4.02. The summed E-state index contributed by atoms with van der Waals surface area (Å²) in [6.07, 6.45) is 2.70. The Labute approximate surface area is 191 Å². The van der Waals surface area contributed by atoms with Crippen LogP contribution in [0.4, 0.5) is 0 Å². The van der Waals surface area contributed by atoms with E-state index >= 15 is 0 Å². The second-order valence-corrected chi connectivity index (χ2v) is 9.16. The lowest BCUT2D eigenvalue weighted by Crippen LogP contribution is -2.28. The summed E-state index contributed by atoms with van der Waals surface area (Å²) in [6, 6.07) is 9.84. The van der Waals surface area contributed by atoms with Crippen LogP contribution < -0.4 is 14.8 Å². The first-order valence-corrected chi connectivity index (χ1v) is 11.6. The van der Waals surface area contributed by atoms with E-state index in [1.54, 1.807) is 11.9 Å². The number of para-hydroxylation sites is 1. The van der Waals surface area contributed by atoms with Gasteiger partial charge in [0.25, 0.3) is 5.91 Å². The number of aromatic nitrogens is 3. The maximum atomic E-state index is 13.0. The number of nitrogens with zero attached hydrogens (tertiary/aromatic N) is 4. The van der Waals surface area contributed by atoms with Crippen molar-refractivity contribution in [3.05, 3.63) is 59.2 Å². The third kappa shape index (κ3) is 4.10. The monoisotopic (exact) mass is 453 g/mol. The van der Waals surface area contributed by atoms with Crippen molar-refractivity contribution in [1.29, 1.82) is 0 Å². The predicted octanol–water partition coefficient (Wildman–Crippen LogP) is 3.14. The van der Waals surface area contributed by atoms with Crippen molar-refractivity contribution >= 4 is 17.9 Å². The zero-order valence-corrected chi connectivity index (χ0v) is 19.2. The van der Waals surface area contributed by atoms with E-state index in [2.05, 4.69) is 27.7 Å². The van der Waals surface area contributed by atoms with Crippen molar-refractivity contribution in [1.82, 2.24) is 24.0 Å². The molecule has 168 valence electrons. The van der Waals surface area contributed by atoms with Gasteiger partial charge < -0.3 is 19.4 Å². The summed E-state index contributed by atoms with van der Waals surface area (Å²) >= 11 is 1.70. The molecule has 0 radical (unpaired) electrons. The summed E-state index contributed by atoms with van der Waals surface area (Å²) < 4.78 is 17.9. The van der Waals surface area contributed by atoms with Crippen molar-refractivity contribution in [3.63, 3.8) is 0 Å². The van der Waals surface area contributed by atoms with Crippen LogP contribution in [0.3, 0.4) is 0 Å². The van der Waals surface area contributed by atoms with Crippen LogP contribution in [0.5, 0.6) is 11.5 Å². The molecule has 0 saturated heterocycles. The first-order chi connectivity index (χ1) is 15.6. The Hall–Kier alpha value is -2.91. The molecule has 9 heteroatoms. The van der Waals surface area contributed by atoms with Gasteiger partial charge in [0.1, 0.15) is 5.69 Å². The van der Waals surface area contributed by atoms with Crippen LogP contribution in [0.15, 0.2) is 41.4 Å². The molecule has 4 heterocycles. The molecule has 0 fully saturated rings. The van der Waals surface area contributed by atoms with Crippen LogP contribution in [0, 0.1) is 6.92 Å². The summed E-state index contributed by atoms with van der Waals surface area (Å²) in [4.78, 5) is 14.1. The van der Waals surface area contributed by atoms with Crippen LogP contribution >= 0.6 is 11.9 Å². The number of hydrogen-bond acceptors (Lipinski definition) is 6. The zero-order chi connectivity index (χ0) is 22.1. The zero-order valence-electron chi connectivity index (χ0n) is 18.3. The van der Waals surface area contributed by atoms with Gasteiger partial charge in [-0.2, -0.15) is 5.10 Å². The number of amides is 1. The van der Waals surface area contributed by atoms with Gasteiger partial charge in [0, 0.05) is 48.9 Å². The lowest BCUT2D eigenvalue weighted by molar-refractivity contribution is 0.0942. The van der Waals surface area contributed by atoms with Gasteiger partial charge in [0.15, 0.2) is 11.5 Å². The molecule has 0 saturated carbocycles. The standard InChI is InChI=1S/C23H27N5O3S/c1-16-21(32-27-9-10-28-18(15-27)7-8-25-28)13-19(26(16)2)23(29)24-14-17-5-3-6-20-22(17)31-12-4-11-30-20/h3,5-8,13H,4,9-12,14-15H2,1-2H3,(H,24,29). The number of hydrogen-bond donors (Lipinski definition) is 1. The van der Waals surface area contributed by atoms with Crippen molar-refractivity contribution in [2.45, 2.75) is 37.9 Å². The van der Waals surface area contributed by atoms with Gasteiger partial charge in [0.05, 0.1) is 32.0 Å². The predicted molar refractivity (Wildman–Crippen MR) is 122 cm³/mol. The minimum absolute atomic E-state index is 0.105. The largest absolute Gasteiger partial charge is 0.490 e. The van der Waals surface area contributed by atoms with Crippen LogP contribution in [0.1, 0.15) is 33.9 Å². The van der Waals surface area contributed by atoms with Gasteiger partial charge in [-0.15, -0.1) is 0 Å². The molecular formula is C23H27N5O3S. The van der Waals surface area contributed by atoms with Gasteiger partial charge in [-0.25, -0.2) is 4.31 Å². The molecule has 2 aliphatic heterocycles. The molecule has 1 N–H and O–H groups in total. The second-order valence-electron chi connectivity index (χ2n) is 8.02. The Morgan fingerprint density at radius 1 is 1.22 bits per heavy atom. The number of benzene rings is 1. The first kappa shape index (κ1) is 21.0. The molecule has 1 amide bonds. The number of fused-ring (bicyclic) bond motifs is 2. The molecule has 0 bridgehead atoms. The molecule has 2 aliphatic rings. The molecular weight excluding hydrogens is 426 g/mol. The molecule has 0 atom stereocenters. The second kappa shape index (κ2) is 8.91. The highest BCUT2D eigenvalue weighted by Gasteiger charge is 2.22. The normalized spacial score (nSPS) is 15.8. The van der Waals surface area contributed by atoms with Gasteiger partial charge in [-0.3, -0.25) is 9.48 Å². The molecule has 1 aromatic carbocycles.